The van der Waals surface area contributed by atoms with Crippen LogP contribution in [0.1, 0.15) is 41.6 Å². The van der Waals surface area contributed by atoms with Crippen LogP contribution < -0.4 is 16.0 Å². The van der Waals surface area contributed by atoms with Gasteiger partial charge in [0.2, 0.25) is 0 Å². The smallest absolute Gasteiger partial charge is 0.255 e. The highest BCUT2D eigenvalue weighted by molar-refractivity contribution is 6.05. The van der Waals surface area contributed by atoms with E-state index in [1.54, 1.807) is 18.3 Å². The van der Waals surface area contributed by atoms with Gasteiger partial charge in [0.05, 0.1) is 17.1 Å². The standard InChI is InChI=1S/C29H27N5O/c30-19-21-10-11-27-26(16-21)28(13-15-32-27)33-24-8-2-6-22(17-24)29(35)34-25-9-3-7-23(18-25)31-14-12-20-4-1-5-20/h2-3,6-11,13,15-18,20,31H,1,4-5,12,14H2,(H,32,33)(H,34,35). The van der Waals surface area contributed by atoms with E-state index in [9.17, 15) is 10.1 Å². The average Bonchev–Trinajstić information content (AvgIpc) is 2.86. The second-order valence-corrected chi connectivity index (χ2v) is 8.96. The van der Waals surface area contributed by atoms with Gasteiger partial charge in [-0.1, -0.05) is 31.4 Å². The largest absolute Gasteiger partial charge is 0.385 e. The number of benzene rings is 3. The van der Waals surface area contributed by atoms with E-state index in [1.165, 1.54) is 25.7 Å². The van der Waals surface area contributed by atoms with Crippen LogP contribution in [0.25, 0.3) is 10.9 Å². The van der Waals surface area contributed by atoms with Crippen molar-refractivity contribution in [3.05, 3.63) is 90.1 Å². The number of carbonyl (C=O) groups excluding carboxylic acids is 1. The van der Waals surface area contributed by atoms with Crippen LogP contribution in [0.3, 0.4) is 0 Å². The van der Waals surface area contributed by atoms with Crippen LogP contribution in [0.2, 0.25) is 0 Å². The highest BCUT2D eigenvalue weighted by Crippen LogP contribution is 2.29. The first kappa shape index (κ1) is 22.4. The van der Waals surface area contributed by atoms with Crippen molar-refractivity contribution in [1.29, 1.82) is 5.26 Å². The number of nitrogens with zero attached hydrogens (tertiary/aromatic N) is 2. The Morgan fingerprint density at radius 1 is 0.971 bits per heavy atom. The first-order chi connectivity index (χ1) is 17.2. The summed E-state index contributed by atoms with van der Waals surface area (Å²) in [5.74, 6) is 0.691. The average molecular weight is 462 g/mol. The normalized spacial score (nSPS) is 13.0. The van der Waals surface area contributed by atoms with Crippen molar-refractivity contribution < 1.29 is 4.79 Å². The number of carbonyl (C=O) groups is 1. The van der Waals surface area contributed by atoms with Crippen LogP contribution in [0.4, 0.5) is 22.7 Å². The minimum Gasteiger partial charge on any atom is -0.385 e. The van der Waals surface area contributed by atoms with Crippen molar-refractivity contribution in [3.63, 3.8) is 0 Å². The van der Waals surface area contributed by atoms with Crippen molar-refractivity contribution in [2.45, 2.75) is 25.7 Å². The van der Waals surface area contributed by atoms with E-state index in [1.807, 2.05) is 60.7 Å². The molecule has 0 spiro atoms. The maximum Gasteiger partial charge on any atom is 0.255 e. The zero-order chi connectivity index (χ0) is 24.0. The number of hydrogen-bond acceptors (Lipinski definition) is 5. The summed E-state index contributed by atoms with van der Waals surface area (Å²) in [6.07, 6.45) is 6.99. The Bertz CT molecular complexity index is 1400. The molecule has 5 rings (SSSR count). The molecule has 1 amide bonds. The molecule has 1 heterocycles. The van der Waals surface area contributed by atoms with Gasteiger partial charge in [-0.25, -0.2) is 0 Å². The SMILES string of the molecule is N#Cc1ccc2nccc(Nc3cccc(C(=O)Nc4cccc(NCCC5CCC5)c4)c3)c2c1. The molecule has 4 aromatic rings. The van der Waals surface area contributed by atoms with Gasteiger partial charge in [-0.2, -0.15) is 5.26 Å². The van der Waals surface area contributed by atoms with E-state index >= 15 is 0 Å². The molecule has 1 aliphatic rings. The van der Waals surface area contributed by atoms with E-state index in [0.717, 1.165) is 46.1 Å². The molecular weight excluding hydrogens is 434 g/mol. The summed E-state index contributed by atoms with van der Waals surface area (Å²) in [5, 5.41) is 19.9. The van der Waals surface area contributed by atoms with Crippen LogP contribution in [-0.4, -0.2) is 17.4 Å². The topological polar surface area (TPSA) is 89.8 Å². The van der Waals surface area contributed by atoms with Crippen LogP contribution >= 0.6 is 0 Å². The molecule has 6 heteroatoms. The Labute approximate surface area is 205 Å². The monoisotopic (exact) mass is 461 g/mol. The summed E-state index contributed by atoms with van der Waals surface area (Å²) in [6, 6.07) is 24.6. The van der Waals surface area contributed by atoms with Crippen LogP contribution in [0, 0.1) is 17.2 Å². The van der Waals surface area contributed by atoms with Gasteiger partial charge in [-0.05, 0) is 73.0 Å². The Kier molecular flexibility index (Phi) is 6.58. The van der Waals surface area contributed by atoms with Gasteiger partial charge in [0.1, 0.15) is 0 Å². The summed E-state index contributed by atoms with van der Waals surface area (Å²) in [5.41, 5.74) is 5.29. The number of anilines is 4. The highest BCUT2D eigenvalue weighted by Gasteiger charge is 2.16. The van der Waals surface area contributed by atoms with Crippen molar-refractivity contribution >= 4 is 39.6 Å². The van der Waals surface area contributed by atoms with E-state index in [0.29, 0.717) is 11.1 Å². The first-order valence-electron chi connectivity index (χ1n) is 12.0. The molecular formula is C29H27N5O. The Morgan fingerprint density at radius 2 is 1.80 bits per heavy atom. The Morgan fingerprint density at radius 3 is 2.63 bits per heavy atom. The highest BCUT2D eigenvalue weighted by atomic mass is 16.1. The van der Waals surface area contributed by atoms with Gasteiger partial charge in [0.25, 0.3) is 5.91 Å². The van der Waals surface area contributed by atoms with Gasteiger partial charge in [-0.15, -0.1) is 0 Å². The lowest BCUT2D eigenvalue weighted by atomic mass is 9.83. The van der Waals surface area contributed by atoms with Crippen molar-refractivity contribution in [1.82, 2.24) is 4.98 Å². The molecule has 1 fully saturated rings. The van der Waals surface area contributed by atoms with Crippen LogP contribution in [0.5, 0.6) is 0 Å². The third-order valence-electron chi connectivity index (χ3n) is 6.50. The summed E-state index contributed by atoms with van der Waals surface area (Å²) in [7, 11) is 0. The van der Waals surface area contributed by atoms with Crippen molar-refractivity contribution in [2.75, 3.05) is 22.5 Å². The van der Waals surface area contributed by atoms with Crippen LogP contribution in [-0.2, 0) is 0 Å². The maximum absolute atomic E-state index is 13.0. The number of nitrogens with one attached hydrogen (secondary N) is 3. The minimum absolute atomic E-state index is 0.174. The molecule has 0 radical (unpaired) electrons. The summed E-state index contributed by atoms with van der Waals surface area (Å²) in [6.45, 7) is 0.954. The van der Waals surface area contributed by atoms with Gasteiger partial charge in [0.15, 0.2) is 0 Å². The number of pyridine rings is 1. The van der Waals surface area contributed by atoms with Gasteiger partial charge >= 0.3 is 0 Å². The van der Waals surface area contributed by atoms with Gasteiger partial charge in [-0.3, -0.25) is 9.78 Å². The van der Waals surface area contributed by atoms with Crippen molar-refractivity contribution in [2.24, 2.45) is 5.92 Å². The number of amides is 1. The lowest BCUT2D eigenvalue weighted by Gasteiger charge is -2.25. The van der Waals surface area contributed by atoms with E-state index < -0.39 is 0 Å². The summed E-state index contributed by atoms with van der Waals surface area (Å²) >= 11 is 0. The fraction of sp³-hybridized carbons (Fsp3) is 0.207. The molecule has 0 atom stereocenters. The van der Waals surface area contributed by atoms with Crippen molar-refractivity contribution in [3.8, 4) is 6.07 Å². The lowest BCUT2D eigenvalue weighted by Crippen LogP contribution is -2.16. The summed E-state index contributed by atoms with van der Waals surface area (Å²) < 4.78 is 0. The number of hydrogen-bond donors (Lipinski definition) is 3. The molecule has 1 saturated carbocycles. The zero-order valence-corrected chi connectivity index (χ0v) is 19.4. The first-order valence-corrected chi connectivity index (χ1v) is 12.0. The summed E-state index contributed by atoms with van der Waals surface area (Å²) in [4.78, 5) is 17.3. The second-order valence-electron chi connectivity index (χ2n) is 8.96. The number of nitriles is 1. The molecule has 0 saturated heterocycles. The maximum atomic E-state index is 13.0. The Hall–Kier alpha value is -4.37. The molecule has 3 N–H and O–H groups in total. The fourth-order valence-corrected chi connectivity index (χ4v) is 4.33. The van der Waals surface area contributed by atoms with E-state index in [2.05, 4.69) is 27.0 Å². The third-order valence-corrected chi connectivity index (χ3v) is 6.50. The molecule has 0 unspecified atom stereocenters. The lowest BCUT2D eigenvalue weighted by molar-refractivity contribution is 0.102. The van der Waals surface area contributed by atoms with E-state index in [-0.39, 0.29) is 5.91 Å². The fourth-order valence-electron chi connectivity index (χ4n) is 4.33. The molecule has 3 aromatic carbocycles. The van der Waals surface area contributed by atoms with Gasteiger partial charge in [0, 0.05) is 46.4 Å². The predicted molar refractivity (Wildman–Crippen MR) is 141 cm³/mol. The molecule has 0 aliphatic heterocycles. The molecule has 6 nitrogen and oxygen atoms in total. The molecule has 35 heavy (non-hydrogen) atoms. The predicted octanol–water partition coefficient (Wildman–Crippen LogP) is 6.70. The molecule has 1 aliphatic carbocycles. The van der Waals surface area contributed by atoms with E-state index in [4.69, 9.17) is 0 Å². The minimum atomic E-state index is -0.174. The quantitative estimate of drug-likeness (QED) is 0.271. The number of rotatable bonds is 8. The number of aromatic nitrogens is 1. The van der Waals surface area contributed by atoms with Crippen LogP contribution in [0.15, 0.2) is 79.0 Å². The second kappa shape index (κ2) is 10.3. The molecule has 0 bridgehead atoms. The van der Waals surface area contributed by atoms with Gasteiger partial charge < -0.3 is 16.0 Å². The zero-order valence-electron chi connectivity index (χ0n) is 19.4. The number of fused-ring (bicyclic) bond motifs is 1. The molecule has 1 aromatic heterocycles. The third kappa shape index (κ3) is 5.42. The Balaban J connectivity index is 1.27. The molecule has 174 valence electrons.